The van der Waals surface area contributed by atoms with E-state index in [-0.39, 0.29) is 16.7 Å². The lowest BCUT2D eigenvalue weighted by atomic mass is 9.58. The second-order valence-corrected chi connectivity index (χ2v) is 10.1. The van der Waals surface area contributed by atoms with Crippen LogP contribution in [0.4, 0.5) is 17.1 Å². The van der Waals surface area contributed by atoms with Crippen molar-refractivity contribution in [2.24, 2.45) is 23.2 Å². The van der Waals surface area contributed by atoms with Crippen LogP contribution in [0.25, 0.3) is 0 Å². The number of nitro benzene ring substituents is 1. The third-order valence-corrected chi connectivity index (χ3v) is 8.70. The summed E-state index contributed by atoms with van der Waals surface area (Å²) < 4.78 is 0. The van der Waals surface area contributed by atoms with Crippen LogP contribution in [0, 0.1) is 33.3 Å². The zero-order chi connectivity index (χ0) is 20.2. The summed E-state index contributed by atoms with van der Waals surface area (Å²) in [7, 11) is 2.15. The first-order valence-electron chi connectivity index (χ1n) is 11.4. The van der Waals surface area contributed by atoms with Gasteiger partial charge in [0.05, 0.1) is 4.92 Å². The molecule has 1 saturated heterocycles. The van der Waals surface area contributed by atoms with E-state index < -0.39 is 0 Å². The maximum atomic E-state index is 11.7. The van der Waals surface area contributed by atoms with Crippen LogP contribution < -0.4 is 10.2 Å². The molecule has 0 radical (unpaired) electrons. The van der Waals surface area contributed by atoms with Crippen molar-refractivity contribution in [3.8, 4) is 0 Å². The quantitative estimate of drug-likeness (QED) is 0.590. The van der Waals surface area contributed by atoms with E-state index >= 15 is 0 Å². The predicted octanol–water partition coefficient (Wildman–Crippen LogP) is 4.36. The lowest BCUT2D eigenvalue weighted by Gasteiger charge is -2.50. The highest BCUT2D eigenvalue weighted by atomic mass is 16.6. The highest BCUT2D eigenvalue weighted by Gasteiger charge is 2.59. The summed E-state index contributed by atoms with van der Waals surface area (Å²) in [5.74, 6) is 2.61. The number of nitrogens with one attached hydrogen (secondary N) is 1. The first-order chi connectivity index (χ1) is 14.0. The van der Waals surface area contributed by atoms with Gasteiger partial charge in [-0.3, -0.25) is 10.1 Å². The molecule has 1 aliphatic heterocycles. The van der Waals surface area contributed by atoms with Crippen LogP contribution in [0.3, 0.4) is 0 Å². The van der Waals surface area contributed by atoms with Crippen molar-refractivity contribution in [3.63, 3.8) is 0 Å². The van der Waals surface area contributed by atoms with Gasteiger partial charge in [-0.05, 0) is 75.0 Å². The van der Waals surface area contributed by atoms with Crippen molar-refractivity contribution in [2.75, 3.05) is 43.4 Å². The SMILES string of the molecule is C[C@H](Nc1cc(N2CCN(C)CC2)ccc1[N+](=O)[O-])[C@]12CCC[C@H]3C[C@@H](C[C@H]31)C2. The van der Waals surface area contributed by atoms with Crippen molar-refractivity contribution in [3.05, 3.63) is 28.3 Å². The van der Waals surface area contributed by atoms with Gasteiger partial charge in [0.2, 0.25) is 0 Å². The summed E-state index contributed by atoms with van der Waals surface area (Å²) >= 11 is 0. The van der Waals surface area contributed by atoms with Crippen LogP contribution in [0.1, 0.15) is 45.4 Å². The molecule has 29 heavy (non-hydrogen) atoms. The molecule has 4 fully saturated rings. The largest absolute Gasteiger partial charge is 0.376 e. The summed E-state index contributed by atoms with van der Waals surface area (Å²) in [4.78, 5) is 16.2. The van der Waals surface area contributed by atoms with E-state index in [1.807, 2.05) is 12.1 Å². The summed E-state index contributed by atoms with van der Waals surface area (Å²) in [6.07, 6.45) is 8.13. The van der Waals surface area contributed by atoms with Crippen LogP contribution in [-0.4, -0.2) is 49.1 Å². The van der Waals surface area contributed by atoms with Gasteiger partial charge in [-0.2, -0.15) is 0 Å². The van der Waals surface area contributed by atoms with Gasteiger partial charge >= 0.3 is 0 Å². The van der Waals surface area contributed by atoms with E-state index in [0.29, 0.717) is 11.1 Å². The van der Waals surface area contributed by atoms with E-state index in [0.717, 1.165) is 49.6 Å². The number of hydrogen-bond donors (Lipinski definition) is 1. The van der Waals surface area contributed by atoms with E-state index in [9.17, 15) is 10.1 Å². The van der Waals surface area contributed by atoms with Gasteiger partial charge in [-0.1, -0.05) is 12.8 Å². The molecule has 3 aliphatic carbocycles. The molecule has 0 aromatic heterocycles. The first kappa shape index (κ1) is 19.2. The molecule has 0 amide bonds. The van der Waals surface area contributed by atoms with Crippen molar-refractivity contribution in [1.82, 2.24) is 4.90 Å². The fraction of sp³-hybridized carbons (Fsp3) is 0.739. The van der Waals surface area contributed by atoms with Crippen molar-refractivity contribution >= 4 is 17.1 Å². The molecule has 2 bridgehead atoms. The number of likely N-dealkylation sites (N-methyl/N-ethyl adjacent to an activating group) is 1. The molecule has 3 saturated carbocycles. The highest BCUT2D eigenvalue weighted by molar-refractivity contribution is 5.69. The average molecular weight is 399 g/mol. The molecule has 1 N–H and O–H groups in total. The van der Waals surface area contributed by atoms with E-state index in [2.05, 4.69) is 29.1 Å². The third kappa shape index (κ3) is 3.20. The molecular formula is C23H34N4O2. The van der Waals surface area contributed by atoms with Crippen LogP contribution in [0.5, 0.6) is 0 Å². The monoisotopic (exact) mass is 398 g/mol. The Morgan fingerprint density at radius 2 is 2.03 bits per heavy atom. The van der Waals surface area contributed by atoms with Crippen LogP contribution in [0.2, 0.25) is 0 Å². The Morgan fingerprint density at radius 1 is 1.24 bits per heavy atom. The van der Waals surface area contributed by atoms with Gasteiger partial charge in [0, 0.05) is 44.0 Å². The lowest BCUT2D eigenvalue weighted by Crippen LogP contribution is -2.47. The molecule has 1 heterocycles. The van der Waals surface area contributed by atoms with Gasteiger partial charge in [0.1, 0.15) is 5.69 Å². The van der Waals surface area contributed by atoms with Gasteiger partial charge in [0.25, 0.3) is 5.69 Å². The topological polar surface area (TPSA) is 61.6 Å². The Hall–Kier alpha value is -1.82. The molecule has 158 valence electrons. The number of piperazine rings is 1. The highest BCUT2D eigenvalue weighted by Crippen LogP contribution is 2.66. The van der Waals surface area contributed by atoms with Gasteiger partial charge in [0.15, 0.2) is 0 Å². The third-order valence-electron chi connectivity index (χ3n) is 8.70. The number of fused-ring (bicyclic) bond motifs is 1. The van der Waals surface area contributed by atoms with E-state index in [4.69, 9.17) is 0 Å². The van der Waals surface area contributed by atoms with Crippen molar-refractivity contribution in [2.45, 2.75) is 51.5 Å². The van der Waals surface area contributed by atoms with E-state index in [1.54, 1.807) is 6.07 Å². The van der Waals surface area contributed by atoms with Crippen molar-refractivity contribution < 1.29 is 4.92 Å². The van der Waals surface area contributed by atoms with Gasteiger partial charge in [-0.15, -0.1) is 0 Å². The Bertz CT molecular complexity index is 791. The fourth-order valence-electron chi connectivity index (χ4n) is 7.25. The molecule has 5 rings (SSSR count). The van der Waals surface area contributed by atoms with E-state index in [1.165, 1.54) is 38.5 Å². The summed E-state index contributed by atoms with van der Waals surface area (Å²) in [5.41, 5.74) is 2.36. The number of hydrogen-bond acceptors (Lipinski definition) is 5. The number of benzene rings is 1. The smallest absolute Gasteiger partial charge is 0.292 e. The van der Waals surface area contributed by atoms with Gasteiger partial charge in [-0.25, -0.2) is 0 Å². The fourth-order valence-corrected chi connectivity index (χ4v) is 7.25. The Kier molecular flexibility index (Phi) is 4.72. The Morgan fingerprint density at radius 3 is 2.76 bits per heavy atom. The minimum Gasteiger partial charge on any atom is -0.376 e. The van der Waals surface area contributed by atoms with Gasteiger partial charge < -0.3 is 15.1 Å². The summed E-state index contributed by atoms with van der Waals surface area (Å²) in [6, 6.07) is 5.93. The summed E-state index contributed by atoms with van der Waals surface area (Å²) in [6.45, 7) is 6.29. The molecule has 4 aliphatic rings. The molecule has 0 unspecified atom stereocenters. The first-order valence-corrected chi connectivity index (χ1v) is 11.4. The Balaban J connectivity index is 1.41. The van der Waals surface area contributed by atoms with Crippen molar-refractivity contribution in [1.29, 1.82) is 0 Å². The molecule has 6 heteroatoms. The number of nitro groups is 1. The number of anilines is 2. The standard InChI is InChI=1S/C23H34N4O2/c1-16(23-7-3-4-18-12-17(15-23)13-20(18)23)24-21-14-19(5-6-22(21)27(28)29)26-10-8-25(2)9-11-26/h5-6,14,16-18,20,24H,3-4,7-13,15H2,1-2H3/t16-,17-,18-,20+,23+/m0/s1. The average Bonchev–Trinajstić information content (AvgIpc) is 3.28. The zero-order valence-corrected chi connectivity index (χ0v) is 17.8. The lowest BCUT2D eigenvalue weighted by molar-refractivity contribution is -0.384. The number of nitrogens with zero attached hydrogens (tertiary/aromatic N) is 3. The normalized spacial score (nSPS) is 35.0. The summed E-state index contributed by atoms with van der Waals surface area (Å²) in [5, 5.41) is 15.4. The molecule has 0 spiro atoms. The second-order valence-electron chi connectivity index (χ2n) is 10.1. The van der Waals surface area contributed by atoms with Crippen LogP contribution in [0.15, 0.2) is 18.2 Å². The Labute approximate surface area is 173 Å². The predicted molar refractivity (Wildman–Crippen MR) is 116 cm³/mol. The second kappa shape index (κ2) is 7.15. The minimum absolute atomic E-state index is 0.210. The molecule has 5 atom stereocenters. The van der Waals surface area contributed by atoms with Crippen LogP contribution in [-0.2, 0) is 0 Å². The molecule has 6 nitrogen and oxygen atoms in total. The number of rotatable bonds is 5. The maximum Gasteiger partial charge on any atom is 0.292 e. The molecule has 1 aromatic carbocycles. The van der Waals surface area contributed by atoms with Crippen LogP contribution >= 0.6 is 0 Å². The minimum atomic E-state index is -0.231. The molecule has 1 aromatic rings. The molecular weight excluding hydrogens is 364 g/mol. The zero-order valence-electron chi connectivity index (χ0n) is 17.8. The maximum absolute atomic E-state index is 11.7.